The highest BCUT2D eigenvalue weighted by molar-refractivity contribution is 6.48. The van der Waals surface area contributed by atoms with Crippen molar-refractivity contribution in [3.05, 3.63) is 41.4 Å². The molecular formula is C10H6BCl. The van der Waals surface area contributed by atoms with Crippen molar-refractivity contribution in [2.24, 2.45) is 0 Å². The molecule has 0 saturated heterocycles. The van der Waals surface area contributed by atoms with Gasteiger partial charge in [0.15, 0.2) is 0 Å². The van der Waals surface area contributed by atoms with Crippen molar-refractivity contribution >= 4 is 35.7 Å². The third-order valence-corrected chi connectivity index (χ3v) is 2.31. The molecule has 2 aromatic rings. The summed E-state index contributed by atoms with van der Waals surface area (Å²) >= 11 is 6.00. The zero-order valence-corrected chi connectivity index (χ0v) is 7.18. The van der Waals surface area contributed by atoms with Crippen LogP contribution in [0.4, 0.5) is 0 Å². The fraction of sp³-hybridized carbons (Fsp3) is 0. The molecule has 2 heteroatoms. The summed E-state index contributed by atoms with van der Waals surface area (Å²) in [5.41, 5.74) is 0.635. The lowest BCUT2D eigenvalue weighted by molar-refractivity contribution is 1.78. The fourth-order valence-corrected chi connectivity index (χ4v) is 1.49. The van der Waals surface area contributed by atoms with Crippen LogP contribution in [0.15, 0.2) is 36.4 Å². The number of hydrogen-bond donors (Lipinski definition) is 0. The maximum Gasteiger partial charge on any atom is 0.115 e. The van der Waals surface area contributed by atoms with Gasteiger partial charge in [-0.1, -0.05) is 53.5 Å². The van der Waals surface area contributed by atoms with Gasteiger partial charge in [0.1, 0.15) is 7.85 Å². The lowest BCUT2D eigenvalue weighted by atomic mass is 9.93. The van der Waals surface area contributed by atoms with Crippen LogP contribution in [0, 0.1) is 0 Å². The van der Waals surface area contributed by atoms with Crippen molar-refractivity contribution in [1.29, 1.82) is 0 Å². The minimum absolute atomic E-state index is 0.635. The lowest BCUT2D eigenvalue weighted by Gasteiger charge is -2.02. The zero-order chi connectivity index (χ0) is 8.55. The van der Waals surface area contributed by atoms with E-state index in [1.807, 2.05) is 36.4 Å². The highest BCUT2D eigenvalue weighted by Gasteiger charge is 1.99. The Morgan fingerprint density at radius 3 is 2.58 bits per heavy atom. The Morgan fingerprint density at radius 1 is 1.00 bits per heavy atom. The number of hydrogen-bond acceptors (Lipinski definition) is 0. The van der Waals surface area contributed by atoms with Crippen LogP contribution in [0.5, 0.6) is 0 Å². The van der Waals surface area contributed by atoms with Crippen LogP contribution in [0.3, 0.4) is 0 Å². The van der Waals surface area contributed by atoms with E-state index >= 15 is 0 Å². The molecule has 0 saturated carbocycles. The maximum atomic E-state index is 6.00. The third-order valence-electron chi connectivity index (χ3n) is 1.89. The molecule has 56 valence electrons. The highest BCUT2D eigenvalue weighted by atomic mass is 35.5. The molecule has 0 aliphatic heterocycles. The van der Waals surface area contributed by atoms with E-state index in [4.69, 9.17) is 19.4 Å². The summed E-state index contributed by atoms with van der Waals surface area (Å²) in [7, 11) is 5.65. The number of rotatable bonds is 0. The Bertz CT molecular complexity index is 423. The summed E-state index contributed by atoms with van der Waals surface area (Å²) < 4.78 is 0. The van der Waals surface area contributed by atoms with E-state index in [1.165, 1.54) is 0 Å². The van der Waals surface area contributed by atoms with E-state index in [-0.39, 0.29) is 0 Å². The van der Waals surface area contributed by atoms with Gasteiger partial charge in [0.2, 0.25) is 0 Å². The van der Waals surface area contributed by atoms with Gasteiger partial charge in [-0.25, -0.2) is 0 Å². The highest BCUT2D eigenvalue weighted by Crippen LogP contribution is 2.20. The van der Waals surface area contributed by atoms with E-state index in [1.54, 1.807) is 0 Å². The van der Waals surface area contributed by atoms with Crippen molar-refractivity contribution < 1.29 is 0 Å². The average Bonchev–Trinajstić information content (AvgIpc) is 2.12. The largest absolute Gasteiger partial charge is 0.115 e. The van der Waals surface area contributed by atoms with Crippen LogP contribution in [-0.4, -0.2) is 7.85 Å². The van der Waals surface area contributed by atoms with Crippen molar-refractivity contribution in [2.45, 2.75) is 0 Å². The molecule has 0 atom stereocenters. The predicted octanol–water partition coefficient (Wildman–Crippen LogP) is 2.29. The molecule has 0 heterocycles. The van der Waals surface area contributed by atoms with Gasteiger partial charge in [-0.3, -0.25) is 0 Å². The molecule has 0 N–H and O–H groups in total. The summed E-state index contributed by atoms with van der Waals surface area (Å²) in [6, 6.07) is 11.7. The third kappa shape index (κ3) is 1.11. The second-order valence-corrected chi connectivity index (χ2v) is 3.07. The Morgan fingerprint density at radius 2 is 1.75 bits per heavy atom. The van der Waals surface area contributed by atoms with Gasteiger partial charge in [0.05, 0.1) is 0 Å². The van der Waals surface area contributed by atoms with Gasteiger partial charge in [-0.2, -0.15) is 0 Å². The Hall–Kier alpha value is -0.945. The molecule has 0 amide bonds. The van der Waals surface area contributed by atoms with E-state index in [2.05, 4.69) is 0 Å². The van der Waals surface area contributed by atoms with Gasteiger partial charge >= 0.3 is 0 Å². The standard InChI is InChI=1S/C10H6BCl/c11-9-6-5-7-3-1-2-4-8(7)10(9)12/h1-6H. The first-order valence-electron chi connectivity index (χ1n) is 3.72. The molecule has 0 aliphatic carbocycles. The molecule has 0 aliphatic rings. The summed E-state index contributed by atoms with van der Waals surface area (Å²) in [6.07, 6.45) is 0. The van der Waals surface area contributed by atoms with Crippen LogP contribution in [-0.2, 0) is 0 Å². The first-order valence-corrected chi connectivity index (χ1v) is 4.09. The topological polar surface area (TPSA) is 0 Å². The number of halogens is 1. The van der Waals surface area contributed by atoms with Gasteiger partial charge in [-0.15, -0.1) is 0 Å². The number of benzene rings is 2. The van der Waals surface area contributed by atoms with Gasteiger partial charge < -0.3 is 0 Å². The molecule has 2 rings (SSSR count). The van der Waals surface area contributed by atoms with E-state index < -0.39 is 0 Å². The lowest BCUT2D eigenvalue weighted by Crippen LogP contribution is -2.02. The van der Waals surface area contributed by atoms with Crippen molar-refractivity contribution in [3.63, 3.8) is 0 Å². The van der Waals surface area contributed by atoms with Crippen molar-refractivity contribution in [2.75, 3.05) is 0 Å². The first kappa shape index (κ1) is 7.69. The number of fused-ring (bicyclic) bond motifs is 1. The van der Waals surface area contributed by atoms with E-state index in [0.717, 1.165) is 10.8 Å². The minimum Gasteiger partial charge on any atom is -0.0843 e. The smallest absolute Gasteiger partial charge is 0.0843 e. The van der Waals surface area contributed by atoms with Crippen LogP contribution in [0.2, 0.25) is 5.02 Å². The van der Waals surface area contributed by atoms with Crippen LogP contribution >= 0.6 is 11.6 Å². The second kappa shape index (κ2) is 2.83. The molecule has 0 bridgehead atoms. The zero-order valence-electron chi connectivity index (χ0n) is 6.42. The molecule has 2 radical (unpaired) electrons. The summed E-state index contributed by atoms with van der Waals surface area (Å²) in [5.74, 6) is 0. The molecule has 2 aromatic carbocycles. The molecule has 12 heavy (non-hydrogen) atoms. The maximum absolute atomic E-state index is 6.00. The van der Waals surface area contributed by atoms with Gasteiger partial charge in [0, 0.05) is 5.02 Å². The van der Waals surface area contributed by atoms with Crippen LogP contribution < -0.4 is 5.46 Å². The van der Waals surface area contributed by atoms with E-state index in [9.17, 15) is 0 Å². The Balaban J connectivity index is 2.91. The summed E-state index contributed by atoms with van der Waals surface area (Å²) in [5, 5.41) is 2.78. The second-order valence-electron chi connectivity index (χ2n) is 2.69. The Kier molecular flexibility index (Phi) is 1.82. The minimum atomic E-state index is 0.635. The summed E-state index contributed by atoms with van der Waals surface area (Å²) in [4.78, 5) is 0. The monoisotopic (exact) mass is 172 g/mol. The molecular weight excluding hydrogens is 166 g/mol. The first-order chi connectivity index (χ1) is 5.79. The SMILES string of the molecule is [B]c1ccc2ccccc2c1Cl. The normalized spacial score (nSPS) is 10.4. The van der Waals surface area contributed by atoms with Gasteiger partial charge in [-0.05, 0) is 10.8 Å². The predicted molar refractivity (Wildman–Crippen MR) is 54.3 cm³/mol. The molecule has 0 nitrogen and oxygen atoms in total. The molecule has 0 aromatic heterocycles. The van der Waals surface area contributed by atoms with Crippen LogP contribution in [0.25, 0.3) is 10.8 Å². The Labute approximate surface area is 77.6 Å². The quantitative estimate of drug-likeness (QED) is 0.535. The molecule has 0 fully saturated rings. The van der Waals surface area contributed by atoms with Crippen LogP contribution in [0.1, 0.15) is 0 Å². The van der Waals surface area contributed by atoms with E-state index in [0.29, 0.717) is 10.5 Å². The average molecular weight is 172 g/mol. The van der Waals surface area contributed by atoms with Crippen molar-refractivity contribution in [3.8, 4) is 0 Å². The molecule has 0 unspecified atom stereocenters. The van der Waals surface area contributed by atoms with Crippen molar-refractivity contribution in [1.82, 2.24) is 0 Å². The van der Waals surface area contributed by atoms with Gasteiger partial charge in [0.25, 0.3) is 0 Å². The fourth-order valence-electron chi connectivity index (χ4n) is 1.25. The molecule has 0 spiro atoms. The summed E-state index contributed by atoms with van der Waals surface area (Å²) in [6.45, 7) is 0.